The van der Waals surface area contributed by atoms with Gasteiger partial charge in [0.1, 0.15) is 0 Å². The predicted molar refractivity (Wildman–Crippen MR) is 70.8 cm³/mol. The Balaban J connectivity index is 2.43. The van der Waals surface area contributed by atoms with Gasteiger partial charge in [0, 0.05) is 11.1 Å². The van der Waals surface area contributed by atoms with Gasteiger partial charge < -0.3 is 5.26 Å². The number of hydrogen-bond donors (Lipinski definition) is 0. The maximum absolute atomic E-state index is 12.4. The average Bonchev–Trinajstić information content (AvgIpc) is 2.47. The van der Waals surface area contributed by atoms with E-state index in [0.717, 1.165) is 5.56 Å². The molecule has 0 amide bonds. The first-order chi connectivity index (χ1) is 9.24. The minimum atomic E-state index is -0.235. The van der Waals surface area contributed by atoms with E-state index in [1.54, 1.807) is 18.2 Å². The summed E-state index contributed by atoms with van der Waals surface area (Å²) in [4.78, 5) is 12.4. The maximum Gasteiger partial charge on any atom is 0.325 e. The second kappa shape index (κ2) is 5.96. The summed E-state index contributed by atoms with van der Waals surface area (Å²) in [6.07, 6.45) is 1.18. The van der Waals surface area contributed by atoms with Crippen LogP contribution < -0.4 is 5.26 Å². The Morgan fingerprint density at radius 2 is 1.74 bits per heavy atom. The molecule has 0 bridgehead atoms. The van der Waals surface area contributed by atoms with E-state index in [1.807, 2.05) is 43.3 Å². The van der Waals surface area contributed by atoms with Crippen LogP contribution in [0.1, 0.15) is 34.3 Å². The monoisotopic (exact) mass is 254 g/mol. The molecule has 1 unspecified atom stereocenters. The summed E-state index contributed by atoms with van der Waals surface area (Å²) in [6, 6.07) is 16.3. The summed E-state index contributed by atoms with van der Waals surface area (Å²) in [5.74, 6) is -0.288. The third-order valence-corrected chi connectivity index (χ3v) is 2.99. The minimum Gasteiger partial charge on any atom is -0.463 e. The largest absolute Gasteiger partial charge is 0.463 e. The molecule has 0 saturated heterocycles. The molecular weight excluding hydrogens is 240 g/mol. The fraction of sp³-hybridized carbons (Fsp3) is 0.125. The van der Waals surface area contributed by atoms with E-state index in [9.17, 15) is 10.1 Å². The van der Waals surface area contributed by atoms with Gasteiger partial charge in [-0.25, -0.2) is 0 Å². The highest BCUT2D eigenvalue weighted by atomic mass is 17.1. The van der Waals surface area contributed by atoms with Gasteiger partial charge >= 0.3 is 6.29 Å². The van der Waals surface area contributed by atoms with Gasteiger partial charge in [-0.1, -0.05) is 54.6 Å². The first kappa shape index (κ1) is 13.0. The van der Waals surface area contributed by atoms with Crippen LogP contribution in [0.15, 0.2) is 54.6 Å². The van der Waals surface area contributed by atoms with Crippen molar-refractivity contribution in [1.82, 2.24) is 0 Å². The molecule has 2 rings (SSSR count). The van der Waals surface area contributed by atoms with Crippen LogP contribution in [0.2, 0.25) is 0 Å². The Hall–Kier alpha value is -2.42. The highest BCUT2D eigenvalue weighted by Gasteiger charge is 2.18. The molecule has 0 saturated carbocycles. The molecule has 1 atom stereocenters. The minimum absolute atomic E-state index is 0.0534. The van der Waals surface area contributed by atoms with Gasteiger partial charge in [-0.3, -0.25) is 4.79 Å². The molecular formula is C16H14O3. The SMILES string of the molecule is CC(C=[O+][O-])c1ccccc1C(=O)c1ccccc1. The molecule has 0 aromatic heterocycles. The van der Waals surface area contributed by atoms with Crippen LogP contribution in [0.5, 0.6) is 0 Å². The fourth-order valence-electron chi connectivity index (χ4n) is 2.00. The lowest BCUT2D eigenvalue weighted by atomic mass is 9.92. The van der Waals surface area contributed by atoms with Gasteiger partial charge in [0.2, 0.25) is 0 Å². The fourth-order valence-corrected chi connectivity index (χ4v) is 2.00. The van der Waals surface area contributed by atoms with Crippen molar-refractivity contribution in [2.24, 2.45) is 0 Å². The topological polar surface area (TPSA) is 51.4 Å². The van der Waals surface area contributed by atoms with Crippen LogP contribution in [0.3, 0.4) is 0 Å². The summed E-state index contributed by atoms with van der Waals surface area (Å²) in [7, 11) is 0. The first-order valence-corrected chi connectivity index (χ1v) is 6.04. The van der Waals surface area contributed by atoms with E-state index in [-0.39, 0.29) is 11.7 Å². The number of ketones is 1. The van der Waals surface area contributed by atoms with Gasteiger partial charge in [-0.05, 0) is 12.5 Å². The van der Waals surface area contributed by atoms with Crippen molar-refractivity contribution >= 4 is 12.1 Å². The third kappa shape index (κ3) is 2.88. The number of rotatable bonds is 4. The molecule has 0 aliphatic heterocycles. The second-order valence-corrected chi connectivity index (χ2v) is 4.30. The molecule has 0 spiro atoms. The van der Waals surface area contributed by atoms with Crippen molar-refractivity contribution < 1.29 is 14.6 Å². The number of carbonyl (C=O) groups excluding carboxylic acids is 2. The summed E-state index contributed by atoms with van der Waals surface area (Å²) < 4.78 is 3.81. The summed E-state index contributed by atoms with van der Waals surface area (Å²) in [6.45, 7) is 1.81. The molecule has 0 aliphatic carbocycles. The van der Waals surface area contributed by atoms with E-state index in [2.05, 4.69) is 4.58 Å². The lowest BCUT2D eigenvalue weighted by Gasteiger charge is -2.09. The van der Waals surface area contributed by atoms with Crippen molar-refractivity contribution in [3.63, 3.8) is 0 Å². The quantitative estimate of drug-likeness (QED) is 0.275. The van der Waals surface area contributed by atoms with Crippen LogP contribution in [0.4, 0.5) is 0 Å². The zero-order valence-corrected chi connectivity index (χ0v) is 10.6. The van der Waals surface area contributed by atoms with Crippen molar-refractivity contribution in [1.29, 1.82) is 0 Å². The van der Waals surface area contributed by atoms with Crippen LogP contribution in [-0.2, 0) is 4.58 Å². The Morgan fingerprint density at radius 3 is 2.42 bits per heavy atom. The highest BCUT2D eigenvalue weighted by molar-refractivity contribution is 6.10. The highest BCUT2D eigenvalue weighted by Crippen LogP contribution is 2.21. The molecule has 0 aliphatic rings. The number of carbonyl (C=O) groups is 1. The van der Waals surface area contributed by atoms with Gasteiger partial charge in [0.25, 0.3) is 0 Å². The lowest BCUT2D eigenvalue weighted by Crippen LogP contribution is -2.10. The van der Waals surface area contributed by atoms with Gasteiger partial charge in [-0.15, -0.1) is 0 Å². The number of aldehydes is 1. The molecule has 96 valence electrons. The average molecular weight is 254 g/mol. The first-order valence-electron chi connectivity index (χ1n) is 6.04. The Morgan fingerprint density at radius 1 is 1.11 bits per heavy atom. The zero-order chi connectivity index (χ0) is 13.7. The standard InChI is InChI=1S/C16H14O3/c1-12(11-19-18)14-9-5-6-10-15(14)16(17)13-7-3-2-4-8-13/h2-12H,1H3. The molecule has 0 N–H and O–H groups in total. The molecule has 19 heavy (non-hydrogen) atoms. The van der Waals surface area contributed by atoms with E-state index < -0.39 is 0 Å². The molecule has 0 heterocycles. The molecule has 3 heteroatoms. The van der Waals surface area contributed by atoms with Gasteiger partial charge in [-0.2, -0.15) is 4.58 Å². The van der Waals surface area contributed by atoms with Crippen molar-refractivity contribution in [2.75, 3.05) is 0 Å². The maximum atomic E-state index is 12.4. The molecule has 2 aromatic rings. The molecule has 2 aromatic carbocycles. The van der Waals surface area contributed by atoms with Crippen molar-refractivity contribution in [3.05, 3.63) is 71.3 Å². The van der Waals surface area contributed by atoms with E-state index in [4.69, 9.17) is 0 Å². The second-order valence-electron chi connectivity index (χ2n) is 4.30. The third-order valence-electron chi connectivity index (χ3n) is 2.99. The Kier molecular flexibility index (Phi) is 4.08. The van der Waals surface area contributed by atoms with Crippen molar-refractivity contribution in [2.45, 2.75) is 12.8 Å². The lowest BCUT2D eigenvalue weighted by molar-refractivity contribution is -1.04. The van der Waals surface area contributed by atoms with Crippen molar-refractivity contribution in [3.8, 4) is 0 Å². The van der Waals surface area contributed by atoms with Gasteiger partial charge in [0.05, 0.1) is 5.92 Å². The number of benzene rings is 2. The molecule has 3 nitrogen and oxygen atoms in total. The summed E-state index contributed by atoms with van der Waals surface area (Å²) in [5.41, 5.74) is 2.01. The number of hydrogen-bond acceptors (Lipinski definition) is 2. The van der Waals surface area contributed by atoms with Crippen LogP contribution in [0, 0.1) is 0 Å². The van der Waals surface area contributed by atoms with Crippen LogP contribution in [-0.4, -0.2) is 12.1 Å². The van der Waals surface area contributed by atoms with Crippen LogP contribution >= 0.6 is 0 Å². The van der Waals surface area contributed by atoms with E-state index in [1.165, 1.54) is 6.29 Å². The molecule has 0 fully saturated rings. The Labute approximate surface area is 111 Å². The Bertz CT molecular complexity index is 588. The molecule has 0 radical (unpaired) electrons. The smallest absolute Gasteiger partial charge is 0.325 e. The van der Waals surface area contributed by atoms with Gasteiger partial charge in [0.15, 0.2) is 5.78 Å². The van der Waals surface area contributed by atoms with E-state index >= 15 is 0 Å². The van der Waals surface area contributed by atoms with E-state index in [0.29, 0.717) is 11.1 Å². The zero-order valence-electron chi connectivity index (χ0n) is 10.6. The normalized spacial score (nSPS) is 12.5. The van der Waals surface area contributed by atoms with Crippen LogP contribution in [0.25, 0.3) is 0 Å². The summed E-state index contributed by atoms with van der Waals surface area (Å²) in [5, 5.41) is 10.2. The summed E-state index contributed by atoms with van der Waals surface area (Å²) >= 11 is 0. The predicted octanol–water partition coefficient (Wildman–Crippen LogP) is 2.03.